The monoisotopic (exact) mass is 376 g/mol. The Hall–Kier alpha value is -1.36. The molecule has 1 aliphatic carbocycles. The lowest BCUT2D eigenvalue weighted by molar-refractivity contribution is -0.128. The summed E-state index contributed by atoms with van der Waals surface area (Å²) in [5.74, 6) is 2.22. The fraction of sp³-hybridized carbons (Fsp3) is 0.556. The Bertz CT molecular complexity index is 707. The number of rotatable bonds is 0. The van der Waals surface area contributed by atoms with Gasteiger partial charge in [0, 0.05) is 16.5 Å². The number of nitrogens with zero attached hydrogens (tertiary/aromatic N) is 1. The second-order valence-electron chi connectivity index (χ2n) is 7.30. The van der Waals surface area contributed by atoms with Crippen LogP contribution in [0.2, 0.25) is 0 Å². The molecule has 1 N–H and O–H groups in total. The summed E-state index contributed by atoms with van der Waals surface area (Å²) in [6, 6.07) is 5.92. The Balaban J connectivity index is 1.85. The summed E-state index contributed by atoms with van der Waals surface area (Å²) in [7, 11) is 0. The van der Waals surface area contributed by atoms with Crippen molar-refractivity contribution in [2.24, 2.45) is 10.9 Å². The van der Waals surface area contributed by atoms with Crippen LogP contribution in [0.15, 0.2) is 27.7 Å². The molecule has 0 radical (unpaired) electrons. The zero-order valence-electron chi connectivity index (χ0n) is 13.5. The number of carbonyl (C=O) groups is 1. The van der Waals surface area contributed by atoms with E-state index in [1.807, 2.05) is 25.1 Å². The van der Waals surface area contributed by atoms with Crippen molar-refractivity contribution >= 4 is 27.7 Å². The first-order valence-electron chi connectivity index (χ1n) is 8.29. The van der Waals surface area contributed by atoms with E-state index in [9.17, 15) is 4.79 Å². The topological polar surface area (TPSA) is 50.7 Å². The van der Waals surface area contributed by atoms with E-state index in [4.69, 9.17) is 9.73 Å². The van der Waals surface area contributed by atoms with Gasteiger partial charge in [-0.05, 0) is 56.7 Å². The van der Waals surface area contributed by atoms with Crippen LogP contribution in [0.25, 0.3) is 0 Å². The third-order valence-corrected chi connectivity index (χ3v) is 6.00. The van der Waals surface area contributed by atoms with Gasteiger partial charge in [-0.15, -0.1) is 0 Å². The number of amides is 1. The zero-order valence-corrected chi connectivity index (χ0v) is 15.1. The molecule has 5 heteroatoms. The number of halogens is 1. The molecule has 4 nitrogen and oxygen atoms in total. The van der Waals surface area contributed by atoms with Gasteiger partial charge in [-0.3, -0.25) is 9.79 Å². The molecule has 0 saturated heterocycles. The molecule has 0 aromatic heterocycles. The molecule has 1 fully saturated rings. The van der Waals surface area contributed by atoms with Gasteiger partial charge in [-0.1, -0.05) is 22.9 Å². The van der Waals surface area contributed by atoms with E-state index >= 15 is 0 Å². The minimum atomic E-state index is -0.831. The molecule has 1 saturated carbocycles. The quantitative estimate of drug-likeness (QED) is 0.745. The first-order chi connectivity index (χ1) is 10.9. The Kier molecular flexibility index (Phi) is 3.34. The Labute approximate surface area is 144 Å². The molecule has 1 aromatic carbocycles. The number of nitrogens with one attached hydrogen (secondary N) is 1. The molecule has 4 rings (SSSR count). The maximum absolute atomic E-state index is 12.8. The maximum atomic E-state index is 12.8. The summed E-state index contributed by atoms with van der Waals surface area (Å²) in [4.78, 5) is 17.6. The molecule has 1 aromatic rings. The van der Waals surface area contributed by atoms with Crippen molar-refractivity contribution in [2.75, 3.05) is 0 Å². The number of fused-ring (bicyclic) bond motifs is 2. The number of hydrogen-bond acceptors (Lipinski definition) is 3. The summed E-state index contributed by atoms with van der Waals surface area (Å²) in [5.41, 5.74) is -0.216. The highest BCUT2D eigenvalue weighted by molar-refractivity contribution is 9.10. The van der Waals surface area contributed by atoms with Crippen LogP contribution in [0.4, 0.5) is 0 Å². The van der Waals surface area contributed by atoms with Gasteiger partial charge in [-0.2, -0.15) is 0 Å². The van der Waals surface area contributed by atoms with E-state index in [0.717, 1.165) is 47.4 Å². The van der Waals surface area contributed by atoms with Gasteiger partial charge in [-0.25, -0.2) is 0 Å². The Morgan fingerprint density at radius 2 is 2.09 bits per heavy atom. The van der Waals surface area contributed by atoms with Crippen LogP contribution in [0.1, 0.15) is 51.5 Å². The molecular weight excluding hydrogens is 356 g/mol. The summed E-state index contributed by atoms with van der Waals surface area (Å²) in [6.45, 7) is 4.15. The van der Waals surface area contributed by atoms with Gasteiger partial charge in [0.1, 0.15) is 17.2 Å². The van der Waals surface area contributed by atoms with E-state index in [-0.39, 0.29) is 11.5 Å². The summed E-state index contributed by atoms with van der Waals surface area (Å²) in [5, 5.41) is 2.91. The third-order valence-electron chi connectivity index (χ3n) is 5.51. The first-order valence-corrected chi connectivity index (χ1v) is 9.09. The average Bonchev–Trinajstić information content (AvgIpc) is 2.78. The van der Waals surface area contributed by atoms with Crippen molar-refractivity contribution in [3.8, 4) is 5.75 Å². The van der Waals surface area contributed by atoms with Gasteiger partial charge >= 0.3 is 0 Å². The number of amidine groups is 1. The van der Waals surface area contributed by atoms with Crippen LogP contribution in [0.5, 0.6) is 5.75 Å². The SMILES string of the molecule is CC1=NC2(CC3(CCC(C)CC3)Oc3ccc(Br)cc32)C(=O)N1. The molecule has 2 aliphatic heterocycles. The second kappa shape index (κ2) is 5.07. The number of hydrogen-bond donors (Lipinski definition) is 1. The van der Waals surface area contributed by atoms with Gasteiger partial charge in [0.15, 0.2) is 5.54 Å². The molecule has 2 spiro atoms. The molecule has 1 atom stereocenters. The van der Waals surface area contributed by atoms with Crippen LogP contribution in [0, 0.1) is 5.92 Å². The number of carbonyl (C=O) groups excluding carboxylic acids is 1. The lowest BCUT2D eigenvalue weighted by atomic mass is 9.69. The highest BCUT2D eigenvalue weighted by Crippen LogP contribution is 2.53. The van der Waals surface area contributed by atoms with Crippen molar-refractivity contribution in [1.29, 1.82) is 0 Å². The van der Waals surface area contributed by atoms with Gasteiger partial charge in [0.2, 0.25) is 0 Å². The molecule has 0 bridgehead atoms. The van der Waals surface area contributed by atoms with Gasteiger partial charge < -0.3 is 10.1 Å². The lowest BCUT2D eigenvalue weighted by Crippen LogP contribution is -2.52. The summed E-state index contributed by atoms with van der Waals surface area (Å²) in [6.07, 6.45) is 4.92. The van der Waals surface area contributed by atoms with Gasteiger partial charge in [0.05, 0.1) is 0 Å². The van der Waals surface area contributed by atoms with E-state index < -0.39 is 5.54 Å². The molecule has 23 heavy (non-hydrogen) atoms. The molecular formula is C18H21BrN2O2. The maximum Gasteiger partial charge on any atom is 0.258 e. The normalized spacial score (nSPS) is 35.7. The van der Waals surface area contributed by atoms with Crippen molar-refractivity contribution in [3.63, 3.8) is 0 Å². The van der Waals surface area contributed by atoms with Crippen LogP contribution >= 0.6 is 15.9 Å². The summed E-state index contributed by atoms with van der Waals surface area (Å²) < 4.78 is 7.41. The van der Waals surface area contributed by atoms with Crippen molar-refractivity contribution < 1.29 is 9.53 Å². The van der Waals surface area contributed by atoms with Crippen molar-refractivity contribution in [1.82, 2.24) is 5.32 Å². The predicted molar refractivity (Wildman–Crippen MR) is 92.7 cm³/mol. The van der Waals surface area contributed by atoms with E-state index in [1.165, 1.54) is 0 Å². The smallest absolute Gasteiger partial charge is 0.258 e. The standard InChI is InChI=1S/C18H21BrN2O2/c1-11-5-7-17(8-6-11)10-18(16(22)20-12(2)21-18)14-9-13(19)3-4-15(14)23-17/h3-4,9,11H,5-8,10H2,1-2H3,(H,20,21,22). The molecule has 1 amide bonds. The zero-order chi connectivity index (χ0) is 16.2. The fourth-order valence-electron chi connectivity index (χ4n) is 4.25. The van der Waals surface area contributed by atoms with Crippen molar-refractivity contribution in [2.45, 2.75) is 57.1 Å². The minimum absolute atomic E-state index is 0.0179. The Morgan fingerprint density at radius 3 is 2.74 bits per heavy atom. The largest absolute Gasteiger partial charge is 0.487 e. The highest BCUT2D eigenvalue weighted by atomic mass is 79.9. The lowest BCUT2D eigenvalue weighted by Gasteiger charge is -2.47. The minimum Gasteiger partial charge on any atom is -0.487 e. The van der Waals surface area contributed by atoms with Crippen LogP contribution in [-0.4, -0.2) is 17.3 Å². The van der Waals surface area contributed by atoms with E-state index in [2.05, 4.69) is 28.2 Å². The number of ether oxygens (including phenoxy) is 1. The van der Waals surface area contributed by atoms with Gasteiger partial charge in [0.25, 0.3) is 5.91 Å². The highest BCUT2D eigenvalue weighted by Gasteiger charge is 2.56. The first kappa shape index (κ1) is 15.2. The van der Waals surface area contributed by atoms with Crippen LogP contribution in [-0.2, 0) is 10.3 Å². The molecule has 2 heterocycles. The van der Waals surface area contributed by atoms with Crippen molar-refractivity contribution in [3.05, 3.63) is 28.2 Å². The second-order valence-corrected chi connectivity index (χ2v) is 8.21. The molecule has 122 valence electrons. The number of aliphatic imine (C=N–C) groups is 1. The van der Waals surface area contributed by atoms with E-state index in [0.29, 0.717) is 12.3 Å². The fourth-order valence-corrected chi connectivity index (χ4v) is 4.61. The average molecular weight is 377 g/mol. The molecule has 3 aliphatic rings. The summed E-state index contributed by atoms with van der Waals surface area (Å²) >= 11 is 3.52. The van der Waals surface area contributed by atoms with Crippen LogP contribution < -0.4 is 10.1 Å². The molecule has 1 unspecified atom stereocenters. The third kappa shape index (κ3) is 2.32. The Morgan fingerprint density at radius 1 is 1.35 bits per heavy atom. The predicted octanol–water partition coefficient (Wildman–Crippen LogP) is 3.92. The number of benzene rings is 1. The van der Waals surface area contributed by atoms with Crippen LogP contribution in [0.3, 0.4) is 0 Å². The van der Waals surface area contributed by atoms with E-state index in [1.54, 1.807) is 0 Å².